The van der Waals surface area contributed by atoms with Crippen LogP contribution in [-0.4, -0.2) is 24.0 Å². The molecule has 0 saturated heterocycles. The van der Waals surface area contributed by atoms with Crippen molar-refractivity contribution in [3.63, 3.8) is 0 Å². The van der Waals surface area contributed by atoms with E-state index in [4.69, 9.17) is 20.3 Å². The van der Waals surface area contributed by atoms with E-state index in [9.17, 15) is 19.8 Å². The van der Waals surface area contributed by atoms with Gasteiger partial charge in [0.05, 0.1) is 24.5 Å². The molecule has 0 spiro atoms. The molecular formula is C26H24Li2N2O6. The normalized spacial score (nSPS) is 11.6. The molecule has 176 valence electrons. The van der Waals surface area contributed by atoms with Crippen LogP contribution in [0.15, 0.2) is 94.2 Å². The summed E-state index contributed by atoms with van der Waals surface area (Å²) in [5, 5.41) is 21.0. The second kappa shape index (κ2) is 15.2. The molecule has 2 aromatic heterocycles. The first-order chi connectivity index (χ1) is 16.3. The number of hydrogen-bond donors (Lipinski definition) is 2. The second-order valence-electron chi connectivity index (χ2n) is 7.61. The van der Waals surface area contributed by atoms with E-state index in [1.807, 2.05) is 72.8 Å². The van der Waals surface area contributed by atoms with Crippen molar-refractivity contribution < 1.29 is 66.4 Å². The Morgan fingerprint density at radius 2 is 0.972 bits per heavy atom. The molecule has 10 heteroatoms. The number of carbonyl (C=O) groups excluding carboxylic acids is 2. The number of hydrogen-bond acceptors (Lipinski definition) is 8. The first-order valence-corrected chi connectivity index (χ1v) is 10.5. The van der Waals surface area contributed by atoms with Gasteiger partial charge in [-0.3, -0.25) is 0 Å². The minimum absolute atomic E-state index is 0. The Labute approximate surface area is 233 Å². The van der Waals surface area contributed by atoms with Gasteiger partial charge < -0.3 is 40.1 Å². The van der Waals surface area contributed by atoms with Gasteiger partial charge >= 0.3 is 37.7 Å². The Morgan fingerprint density at radius 1 is 0.639 bits per heavy atom. The molecule has 4 N–H and O–H groups in total. The van der Waals surface area contributed by atoms with Crippen LogP contribution < -0.4 is 59.4 Å². The van der Waals surface area contributed by atoms with E-state index < -0.39 is 24.0 Å². The Balaban J connectivity index is 0.000000341. The Kier molecular flexibility index (Phi) is 13.1. The van der Waals surface area contributed by atoms with Crippen LogP contribution in [0.3, 0.4) is 0 Å². The van der Waals surface area contributed by atoms with Crippen LogP contribution in [-0.2, 0) is 22.4 Å². The third kappa shape index (κ3) is 9.25. The van der Waals surface area contributed by atoms with E-state index in [2.05, 4.69) is 0 Å². The molecule has 0 amide bonds. The SMILES string of the molecule is N[C@@H](Cc1ccc(-c2ccco2)cc1)C(=O)[O-].N[C@@H](Cc1ccc(-c2ccco2)cc1)C(=O)[O-].[Li+].[Li+]. The van der Waals surface area contributed by atoms with Crippen LogP contribution in [0, 0.1) is 0 Å². The van der Waals surface area contributed by atoms with Gasteiger partial charge in [0.1, 0.15) is 11.5 Å². The number of benzene rings is 2. The van der Waals surface area contributed by atoms with Crippen molar-refractivity contribution in [2.45, 2.75) is 24.9 Å². The van der Waals surface area contributed by atoms with Crippen LogP contribution >= 0.6 is 0 Å². The maximum atomic E-state index is 10.5. The third-order valence-corrected chi connectivity index (χ3v) is 5.04. The zero-order chi connectivity index (χ0) is 24.5. The van der Waals surface area contributed by atoms with Crippen molar-refractivity contribution >= 4 is 11.9 Å². The minimum Gasteiger partial charge on any atom is -0.548 e. The summed E-state index contributed by atoms with van der Waals surface area (Å²) in [6.07, 6.45) is 3.74. The molecule has 0 saturated carbocycles. The van der Waals surface area contributed by atoms with Crippen molar-refractivity contribution in [1.29, 1.82) is 0 Å². The van der Waals surface area contributed by atoms with Gasteiger partial charge in [-0.05, 0) is 48.2 Å². The van der Waals surface area contributed by atoms with Crippen molar-refractivity contribution in [3.8, 4) is 22.6 Å². The molecule has 0 unspecified atom stereocenters. The van der Waals surface area contributed by atoms with Gasteiger partial charge in [0.15, 0.2) is 0 Å². The van der Waals surface area contributed by atoms with Crippen LogP contribution in [0.4, 0.5) is 0 Å². The molecule has 0 radical (unpaired) electrons. The molecule has 0 aliphatic rings. The summed E-state index contributed by atoms with van der Waals surface area (Å²) < 4.78 is 10.5. The number of aliphatic carboxylic acids is 2. The Bertz CT molecular complexity index is 1080. The number of carbonyl (C=O) groups is 2. The molecule has 2 atom stereocenters. The Hall–Kier alpha value is -2.95. The number of carboxylic acids is 2. The van der Waals surface area contributed by atoms with Crippen molar-refractivity contribution in [3.05, 3.63) is 96.4 Å². The van der Waals surface area contributed by atoms with E-state index in [-0.39, 0.29) is 50.6 Å². The maximum Gasteiger partial charge on any atom is 1.00 e. The first-order valence-electron chi connectivity index (χ1n) is 10.5. The van der Waals surface area contributed by atoms with Gasteiger partial charge in [0.25, 0.3) is 0 Å². The number of furan rings is 2. The number of carboxylic acid groups (broad SMARTS) is 2. The van der Waals surface area contributed by atoms with Crippen molar-refractivity contribution in [2.24, 2.45) is 11.5 Å². The average molecular weight is 474 g/mol. The quantitative estimate of drug-likeness (QED) is 0.241. The fourth-order valence-electron chi connectivity index (χ4n) is 3.17. The van der Waals surface area contributed by atoms with E-state index in [1.54, 1.807) is 12.5 Å². The summed E-state index contributed by atoms with van der Waals surface area (Å²) in [6.45, 7) is 0. The number of nitrogens with two attached hydrogens (primary N) is 2. The van der Waals surface area contributed by atoms with E-state index in [1.165, 1.54) is 0 Å². The fourth-order valence-corrected chi connectivity index (χ4v) is 3.17. The monoisotopic (exact) mass is 474 g/mol. The zero-order valence-electron chi connectivity index (χ0n) is 20.3. The second-order valence-corrected chi connectivity index (χ2v) is 7.61. The summed E-state index contributed by atoms with van der Waals surface area (Å²) >= 11 is 0. The average Bonchev–Trinajstić information content (AvgIpc) is 3.55. The molecule has 0 aliphatic carbocycles. The van der Waals surface area contributed by atoms with Gasteiger partial charge in [0, 0.05) is 23.2 Å². The molecule has 0 aliphatic heterocycles. The van der Waals surface area contributed by atoms with Gasteiger partial charge in [-0.1, -0.05) is 48.5 Å². The summed E-state index contributed by atoms with van der Waals surface area (Å²) in [4.78, 5) is 21.0. The minimum atomic E-state index is -1.24. The molecule has 8 nitrogen and oxygen atoms in total. The molecule has 4 rings (SSSR count). The van der Waals surface area contributed by atoms with Crippen molar-refractivity contribution in [1.82, 2.24) is 0 Å². The summed E-state index contributed by atoms with van der Waals surface area (Å²) in [5.74, 6) is -0.915. The van der Waals surface area contributed by atoms with Crippen LogP contribution in [0.5, 0.6) is 0 Å². The van der Waals surface area contributed by atoms with Crippen LogP contribution in [0.25, 0.3) is 22.6 Å². The maximum absolute atomic E-state index is 10.5. The largest absolute Gasteiger partial charge is 1.00 e. The molecule has 36 heavy (non-hydrogen) atoms. The zero-order valence-corrected chi connectivity index (χ0v) is 20.3. The molecule has 4 aromatic rings. The van der Waals surface area contributed by atoms with E-state index in [0.717, 1.165) is 33.8 Å². The van der Waals surface area contributed by atoms with Gasteiger partial charge in [-0.2, -0.15) is 0 Å². The smallest absolute Gasteiger partial charge is 0.548 e. The predicted octanol–water partition coefficient (Wildman–Crippen LogP) is -4.86. The molecule has 2 aromatic carbocycles. The molecule has 2 heterocycles. The summed E-state index contributed by atoms with van der Waals surface area (Å²) in [7, 11) is 0. The third-order valence-electron chi connectivity index (χ3n) is 5.04. The summed E-state index contributed by atoms with van der Waals surface area (Å²) in [5.41, 5.74) is 14.4. The first kappa shape index (κ1) is 31.1. The standard InChI is InChI=1S/2C13H13NO3.2Li/c2*14-11(13(15)16)8-9-3-5-10(6-4-9)12-2-1-7-17-12;;/h2*1-7,11H,8,14H2,(H,15,16);;/q;;2*+1/p-2/t2*11-;;/m00../s1. The van der Waals surface area contributed by atoms with Gasteiger partial charge in [-0.15, -0.1) is 0 Å². The molecule has 0 fully saturated rings. The van der Waals surface area contributed by atoms with Crippen LogP contribution in [0.1, 0.15) is 11.1 Å². The Morgan fingerprint density at radius 3 is 1.22 bits per heavy atom. The molecular weight excluding hydrogens is 450 g/mol. The topological polar surface area (TPSA) is 159 Å². The number of rotatable bonds is 8. The summed E-state index contributed by atoms with van der Waals surface area (Å²) in [6, 6.07) is 20.2. The predicted molar refractivity (Wildman–Crippen MR) is 122 cm³/mol. The fraction of sp³-hybridized carbons (Fsp3) is 0.154. The van der Waals surface area contributed by atoms with Gasteiger partial charge in [0.2, 0.25) is 0 Å². The van der Waals surface area contributed by atoms with Crippen LogP contribution in [0.2, 0.25) is 0 Å². The van der Waals surface area contributed by atoms with E-state index in [0.29, 0.717) is 0 Å². The van der Waals surface area contributed by atoms with Gasteiger partial charge in [-0.25, -0.2) is 0 Å². The van der Waals surface area contributed by atoms with E-state index >= 15 is 0 Å². The molecule has 0 bridgehead atoms. The van der Waals surface area contributed by atoms with Crippen molar-refractivity contribution in [2.75, 3.05) is 0 Å².